The number of pyridine rings is 1. The van der Waals surface area contributed by atoms with Gasteiger partial charge in [-0.05, 0) is 60.0 Å². The van der Waals surface area contributed by atoms with E-state index < -0.39 is 0 Å². The van der Waals surface area contributed by atoms with E-state index in [1.165, 1.54) is 5.56 Å². The highest BCUT2D eigenvalue weighted by Crippen LogP contribution is 2.25. The molecule has 0 fully saturated rings. The molecular formula is C25H23N3O2S. The number of ether oxygens (including phenoxy) is 1. The second kappa shape index (κ2) is 9.53. The van der Waals surface area contributed by atoms with Gasteiger partial charge in [0.05, 0.1) is 24.2 Å². The molecule has 0 bridgehead atoms. The van der Waals surface area contributed by atoms with Gasteiger partial charge in [0.1, 0.15) is 5.75 Å². The third-order valence-electron chi connectivity index (χ3n) is 5.01. The third kappa shape index (κ3) is 5.35. The van der Waals surface area contributed by atoms with E-state index in [0.717, 1.165) is 45.2 Å². The maximum absolute atomic E-state index is 12.5. The smallest absolute Gasteiger partial charge is 0.228 e. The Morgan fingerprint density at radius 2 is 1.97 bits per heavy atom. The van der Waals surface area contributed by atoms with Gasteiger partial charge in [-0.2, -0.15) is 0 Å². The van der Waals surface area contributed by atoms with Crippen molar-refractivity contribution in [2.45, 2.75) is 19.8 Å². The van der Waals surface area contributed by atoms with Gasteiger partial charge in [0, 0.05) is 35.4 Å². The quantitative estimate of drug-likeness (QED) is 0.433. The number of benzene rings is 2. The Bertz CT molecular complexity index is 1170. The molecule has 0 saturated carbocycles. The van der Waals surface area contributed by atoms with Crippen LogP contribution in [0.4, 0.5) is 5.69 Å². The maximum Gasteiger partial charge on any atom is 0.228 e. The monoisotopic (exact) mass is 429 g/mol. The first-order valence-corrected chi connectivity index (χ1v) is 10.9. The molecule has 0 radical (unpaired) electrons. The van der Waals surface area contributed by atoms with E-state index in [4.69, 9.17) is 9.72 Å². The summed E-state index contributed by atoms with van der Waals surface area (Å²) >= 11 is 1.64. The van der Waals surface area contributed by atoms with E-state index in [0.29, 0.717) is 6.42 Å². The van der Waals surface area contributed by atoms with Gasteiger partial charge in [0.2, 0.25) is 5.91 Å². The minimum absolute atomic E-state index is 0.0481. The standard InChI is InChI=1S/C25H23N3O2S/c1-17-5-8-21(27-24(29)12-18-6-9-22(30-2)10-7-18)13-20(17)14-25-28-23(16-31-25)19-4-3-11-26-15-19/h3-11,13,15-16H,12,14H2,1-2H3,(H,27,29). The average Bonchev–Trinajstić information content (AvgIpc) is 3.26. The number of nitrogens with one attached hydrogen (secondary N) is 1. The van der Waals surface area contributed by atoms with Crippen molar-refractivity contribution in [1.29, 1.82) is 0 Å². The fourth-order valence-corrected chi connectivity index (χ4v) is 4.10. The molecule has 5 nitrogen and oxygen atoms in total. The molecule has 0 unspecified atom stereocenters. The van der Waals surface area contributed by atoms with Crippen molar-refractivity contribution < 1.29 is 9.53 Å². The molecule has 2 aromatic heterocycles. The molecule has 0 saturated heterocycles. The number of aromatic nitrogens is 2. The van der Waals surface area contributed by atoms with Crippen LogP contribution in [-0.2, 0) is 17.6 Å². The Hall–Kier alpha value is -3.51. The summed E-state index contributed by atoms with van der Waals surface area (Å²) in [6.45, 7) is 2.08. The number of amides is 1. The molecule has 6 heteroatoms. The molecule has 2 heterocycles. The lowest BCUT2D eigenvalue weighted by Gasteiger charge is -2.10. The van der Waals surface area contributed by atoms with Gasteiger partial charge >= 0.3 is 0 Å². The van der Waals surface area contributed by atoms with E-state index in [-0.39, 0.29) is 5.91 Å². The zero-order chi connectivity index (χ0) is 21.6. The molecule has 0 spiro atoms. The number of carbonyl (C=O) groups is 1. The highest BCUT2D eigenvalue weighted by Gasteiger charge is 2.10. The van der Waals surface area contributed by atoms with Gasteiger partial charge in [-0.1, -0.05) is 18.2 Å². The Labute approximate surface area is 185 Å². The summed E-state index contributed by atoms with van der Waals surface area (Å²) in [7, 11) is 1.63. The van der Waals surface area contributed by atoms with Crippen molar-refractivity contribution in [3.8, 4) is 17.0 Å². The van der Waals surface area contributed by atoms with Crippen LogP contribution >= 0.6 is 11.3 Å². The molecule has 4 aromatic rings. The van der Waals surface area contributed by atoms with E-state index in [9.17, 15) is 4.79 Å². The van der Waals surface area contributed by atoms with Crippen LogP contribution in [0.3, 0.4) is 0 Å². The van der Waals surface area contributed by atoms with Gasteiger partial charge in [-0.3, -0.25) is 9.78 Å². The fraction of sp³-hybridized carbons (Fsp3) is 0.160. The van der Waals surface area contributed by atoms with E-state index >= 15 is 0 Å². The van der Waals surface area contributed by atoms with Crippen molar-refractivity contribution in [2.75, 3.05) is 12.4 Å². The number of thiazole rings is 1. The largest absolute Gasteiger partial charge is 0.497 e. The van der Waals surface area contributed by atoms with Crippen molar-refractivity contribution >= 4 is 22.9 Å². The van der Waals surface area contributed by atoms with Crippen LogP contribution in [0.2, 0.25) is 0 Å². The number of aryl methyl sites for hydroxylation is 1. The Morgan fingerprint density at radius 1 is 1.13 bits per heavy atom. The summed E-state index contributed by atoms with van der Waals surface area (Å²) in [5.74, 6) is 0.731. The second-order valence-corrected chi connectivity index (χ2v) is 8.20. The first kappa shape index (κ1) is 20.8. The molecule has 0 aliphatic heterocycles. The molecular weight excluding hydrogens is 406 g/mol. The maximum atomic E-state index is 12.5. The van der Waals surface area contributed by atoms with Crippen LogP contribution < -0.4 is 10.1 Å². The number of anilines is 1. The molecule has 156 valence electrons. The van der Waals surface area contributed by atoms with E-state index in [1.807, 2.05) is 60.8 Å². The minimum atomic E-state index is -0.0481. The second-order valence-electron chi connectivity index (χ2n) is 7.26. The zero-order valence-electron chi connectivity index (χ0n) is 17.5. The number of nitrogens with zero attached hydrogens (tertiary/aromatic N) is 2. The molecule has 0 atom stereocenters. The fourth-order valence-electron chi connectivity index (χ4n) is 3.28. The summed E-state index contributed by atoms with van der Waals surface area (Å²) in [6, 6.07) is 17.5. The summed E-state index contributed by atoms with van der Waals surface area (Å²) in [5, 5.41) is 6.10. The lowest BCUT2D eigenvalue weighted by Crippen LogP contribution is -2.14. The van der Waals surface area contributed by atoms with Gasteiger partial charge in [-0.15, -0.1) is 11.3 Å². The number of hydrogen-bond acceptors (Lipinski definition) is 5. The normalized spacial score (nSPS) is 10.6. The van der Waals surface area contributed by atoms with Crippen LogP contribution in [0.15, 0.2) is 72.4 Å². The van der Waals surface area contributed by atoms with Crippen LogP contribution in [0.25, 0.3) is 11.3 Å². The Morgan fingerprint density at radius 3 is 2.71 bits per heavy atom. The Kier molecular flexibility index (Phi) is 6.38. The van der Waals surface area contributed by atoms with Crippen molar-refractivity contribution in [3.63, 3.8) is 0 Å². The summed E-state index contributed by atoms with van der Waals surface area (Å²) in [4.78, 5) is 21.4. The van der Waals surface area contributed by atoms with Crippen LogP contribution in [-0.4, -0.2) is 23.0 Å². The lowest BCUT2D eigenvalue weighted by atomic mass is 10.0. The average molecular weight is 430 g/mol. The summed E-state index contributed by atoms with van der Waals surface area (Å²) in [5.41, 5.74) is 6.01. The van der Waals surface area contributed by atoms with E-state index in [1.54, 1.807) is 24.6 Å². The minimum Gasteiger partial charge on any atom is -0.497 e. The Balaban J connectivity index is 1.43. The highest BCUT2D eigenvalue weighted by atomic mass is 32.1. The van der Waals surface area contributed by atoms with Crippen molar-refractivity contribution in [3.05, 3.63) is 94.1 Å². The van der Waals surface area contributed by atoms with Crippen LogP contribution in [0.5, 0.6) is 5.75 Å². The SMILES string of the molecule is COc1ccc(CC(=O)Nc2ccc(C)c(Cc3nc(-c4cccnc4)cs3)c2)cc1. The first-order chi connectivity index (χ1) is 15.1. The van der Waals surface area contributed by atoms with Crippen molar-refractivity contribution in [1.82, 2.24) is 9.97 Å². The third-order valence-corrected chi connectivity index (χ3v) is 5.86. The molecule has 0 aliphatic rings. The predicted octanol–water partition coefficient (Wildman–Crippen LogP) is 5.29. The summed E-state index contributed by atoms with van der Waals surface area (Å²) in [6.07, 6.45) is 4.62. The summed E-state index contributed by atoms with van der Waals surface area (Å²) < 4.78 is 5.16. The van der Waals surface area contributed by atoms with Gasteiger partial charge in [0.25, 0.3) is 0 Å². The molecule has 2 aromatic carbocycles. The van der Waals surface area contributed by atoms with Gasteiger partial charge < -0.3 is 10.1 Å². The predicted molar refractivity (Wildman–Crippen MR) is 125 cm³/mol. The van der Waals surface area contributed by atoms with Gasteiger partial charge in [-0.25, -0.2) is 4.98 Å². The van der Waals surface area contributed by atoms with E-state index in [2.05, 4.69) is 22.6 Å². The highest BCUT2D eigenvalue weighted by molar-refractivity contribution is 7.10. The number of hydrogen-bond donors (Lipinski definition) is 1. The van der Waals surface area contributed by atoms with Crippen LogP contribution in [0.1, 0.15) is 21.7 Å². The molecule has 1 N–H and O–H groups in total. The number of rotatable bonds is 7. The lowest BCUT2D eigenvalue weighted by molar-refractivity contribution is -0.115. The molecule has 1 amide bonds. The van der Waals surface area contributed by atoms with Crippen LogP contribution in [0, 0.1) is 6.92 Å². The van der Waals surface area contributed by atoms with Gasteiger partial charge in [0.15, 0.2) is 0 Å². The zero-order valence-corrected chi connectivity index (χ0v) is 18.3. The molecule has 4 rings (SSSR count). The molecule has 0 aliphatic carbocycles. The van der Waals surface area contributed by atoms with Crippen molar-refractivity contribution in [2.24, 2.45) is 0 Å². The topological polar surface area (TPSA) is 64.1 Å². The first-order valence-electron chi connectivity index (χ1n) is 9.98. The molecule has 31 heavy (non-hydrogen) atoms. The number of carbonyl (C=O) groups excluding carboxylic acids is 1. The number of methoxy groups -OCH3 is 1.